The first-order valence-corrected chi connectivity index (χ1v) is 13.7. The van der Waals surface area contributed by atoms with Gasteiger partial charge >= 0.3 is 0 Å². The molecular formula is C32H29FN8. The summed E-state index contributed by atoms with van der Waals surface area (Å²) in [4.78, 5) is 4.29. The predicted molar refractivity (Wildman–Crippen MR) is 156 cm³/mol. The Morgan fingerprint density at radius 1 is 1.02 bits per heavy atom. The minimum Gasteiger partial charge on any atom is -0.377 e. The molecule has 0 radical (unpaired) electrons. The van der Waals surface area contributed by atoms with Crippen molar-refractivity contribution < 1.29 is 4.39 Å². The molecule has 1 saturated carbocycles. The highest BCUT2D eigenvalue weighted by Crippen LogP contribution is 2.36. The molecule has 8 nitrogen and oxygen atoms in total. The van der Waals surface area contributed by atoms with Crippen LogP contribution in [-0.2, 0) is 0 Å². The molecule has 1 unspecified atom stereocenters. The van der Waals surface area contributed by atoms with E-state index in [1.165, 1.54) is 12.3 Å². The van der Waals surface area contributed by atoms with E-state index in [1.54, 1.807) is 6.07 Å². The predicted octanol–water partition coefficient (Wildman–Crippen LogP) is 6.16. The van der Waals surface area contributed by atoms with Crippen LogP contribution in [0.5, 0.6) is 0 Å². The van der Waals surface area contributed by atoms with Gasteiger partial charge in [0.05, 0.1) is 40.7 Å². The molecule has 204 valence electrons. The van der Waals surface area contributed by atoms with E-state index in [4.69, 9.17) is 0 Å². The topological polar surface area (TPSA) is 112 Å². The summed E-state index contributed by atoms with van der Waals surface area (Å²) in [6.07, 6.45) is 6.42. The first kappa shape index (κ1) is 26.1. The Kier molecular flexibility index (Phi) is 7.11. The zero-order valence-electron chi connectivity index (χ0n) is 22.5. The molecule has 6 rings (SSSR count). The number of pyridine rings is 1. The van der Waals surface area contributed by atoms with Crippen molar-refractivity contribution in [1.29, 1.82) is 10.5 Å². The highest BCUT2D eigenvalue weighted by atomic mass is 19.1. The van der Waals surface area contributed by atoms with Gasteiger partial charge in [0, 0.05) is 29.5 Å². The van der Waals surface area contributed by atoms with Gasteiger partial charge in [0.25, 0.3) is 0 Å². The van der Waals surface area contributed by atoms with Crippen molar-refractivity contribution in [3.8, 4) is 12.1 Å². The summed E-state index contributed by atoms with van der Waals surface area (Å²) in [6, 6.07) is 25.0. The van der Waals surface area contributed by atoms with Gasteiger partial charge in [-0.05, 0) is 54.7 Å². The minimum absolute atomic E-state index is 0.0811. The van der Waals surface area contributed by atoms with E-state index < -0.39 is 11.9 Å². The average molecular weight is 545 g/mol. The maximum Gasteiger partial charge on any atom is 0.151 e. The first-order chi connectivity index (χ1) is 20.1. The molecule has 1 aliphatic heterocycles. The zero-order chi connectivity index (χ0) is 28.3. The van der Waals surface area contributed by atoms with Gasteiger partial charge < -0.3 is 16.1 Å². The van der Waals surface area contributed by atoms with Gasteiger partial charge in [0.15, 0.2) is 5.82 Å². The molecular weight excluding hydrogens is 515 g/mol. The molecule has 3 aromatic carbocycles. The maximum atomic E-state index is 15.6. The lowest BCUT2D eigenvalue weighted by atomic mass is 10.0. The van der Waals surface area contributed by atoms with Crippen LogP contribution in [0.15, 0.2) is 84.8 Å². The minimum atomic E-state index is -0.499. The number of fused-ring (bicyclic) bond motifs is 1. The summed E-state index contributed by atoms with van der Waals surface area (Å²) in [5, 5.41) is 29.0. The molecule has 4 aromatic rings. The second-order valence-corrected chi connectivity index (χ2v) is 10.3. The van der Waals surface area contributed by atoms with E-state index in [2.05, 4.69) is 45.6 Å². The lowest BCUT2D eigenvalue weighted by molar-refractivity contribution is 0.260. The second-order valence-electron chi connectivity index (χ2n) is 10.3. The molecule has 1 fully saturated rings. The van der Waals surface area contributed by atoms with E-state index >= 15 is 4.39 Å². The highest BCUT2D eigenvalue weighted by Gasteiger charge is 2.32. The van der Waals surface area contributed by atoms with Gasteiger partial charge in [-0.3, -0.25) is 9.99 Å². The number of nitriles is 2. The van der Waals surface area contributed by atoms with Crippen molar-refractivity contribution in [1.82, 2.24) is 21.0 Å². The molecule has 9 heteroatoms. The summed E-state index contributed by atoms with van der Waals surface area (Å²) in [5.41, 5.74) is 11.3. The number of halogens is 1. The lowest BCUT2D eigenvalue weighted by Crippen LogP contribution is -2.38. The lowest BCUT2D eigenvalue weighted by Gasteiger charge is -2.23. The fourth-order valence-corrected chi connectivity index (χ4v) is 5.20. The molecule has 0 bridgehead atoms. The van der Waals surface area contributed by atoms with Crippen molar-refractivity contribution in [3.63, 3.8) is 0 Å². The normalized spacial score (nSPS) is 15.8. The Bertz CT molecular complexity index is 1700. The Morgan fingerprint density at radius 3 is 2.56 bits per heavy atom. The quantitative estimate of drug-likeness (QED) is 0.198. The number of anilines is 2. The van der Waals surface area contributed by atoms with Crippen LogP contribution in [0.4, 0.5) is 15.8 Å². The highest BCUT2D eigenvalue weighted by molar-refractivity contribution is 5.96. The van der Waals surface area contributed by atoms with Crippen LogP contribution in [-0.4, -0.2) is 16.0 Å². The van der Waals surface area contributed by atoms with Crippen LogP contribution in [0.3, 0.4) is 0 Å². The Hall–Kier alpha value is -5.12. The SMILES string of the molecule is CC[C@@H](Nc1c(C#N)cnc2c(F)cc(NC(C3=CN(C4CC4)NN3)c3cccc(C#N)c3)cc12)c1ccccc1. The third kappa shape index (κ3) is 5.36. The molecule has 0 spiro atoms. The van der Waals surface area contributed by atoms with Gasteiger partial charge in [-0.25, -0.2) is 4.39 Å². The number of benzene rings is 3. The van der Waals surface area contributed by atoms with E-state index in [1.807, 2.05) is 65.8 Å². The Balaban J connectivity index is 1.42. The van der Waals surface area contributed by atoms with Crippen molar-refractivity contribution in [2.75, 3.05) is 10.6 Å². The molecule has 2 heterocycles. The summed E-state index contributed by atoms with van der Waals surface area (Å²) in [6.45, 7) is 2.06. The van der Waals surface area contributed by atoms with Crippen LogP contribution < -0.4 is 21.6 Å². The number of nitrogens with one attached hydrogen (secondary N) is 4. The fourth-order valence-electron chi connectivity index (χ4n) is 5.20. The van der Waals surface area contributed by atoms with Crippen LogP contribution in [0.2, 0.25) is 0 Å². The molecule has 1 aliphatic carbocycles. The van der Waals surface area contributed by atoms with Crippen molar-refractivity contribution in [3.05, 3.63) is 113 Å². The summed E-state index contributed by atoms with van der Waals surface area (Å²) >= 11 is 0. The van der Waals surface area contributed by atoms with Gasteiger partial charge in [-0.1, -0.05) is 49.4 Å². The van der Waals surface area contributed by atoms with Crippen molar-refractivity contribution >= 4 is 22.3 Å². The van der Waals surface area contributed by atoms with Gasteiger partial charge in [0.1, 0.15) is 11.6 Å². The third-order valence-corrected chi connectivity index (χ3v) is 7.49. The standard InChI is InChI=1S/C32H29FN8/c1-2-28(21-8-4-3-5-9-21)38-30-23(17-35)18-36-32-26(30)14-24(15-27(32)33)37-31(22-10-6-7-20(13-22)16-34)29-19-41(40-39-29)25-11-12-25/h3-10,13-15,18-19,25,28,31,37,39-40H,2,11-12H2,1H3,(H,36,38)/t28-,31?/m1/s1. The van der Waals surface area contributed by atoms with Gasteiger partial charge in [-0.2, -0.15) is 10.5 Å². The summed E-state index contributed by atoms with van der Waals surface area (Å²) in [5.74, 6) is -0.499. The third-order valence-electron chi connectivity index (χ3n) is 7.49. The Labute approximate surface area is 238 Å². The second kappa shape index (κ2) is 11.2. The fraction of sp³-hybridized carbons (Fsp3) is 0.219. The molecule has 2 aliphatic rings. The molecule has 0 saturated heterocycles. The van der Waals surface area contributed by atoms with Gasteiger partial charge in [0.2, 0.25) is 0 Å². The number of aromatic nitrogens is 1. The number of hydrazine groups is 2. The van der Waals surface area contributed by atoms with E-state index in [0.717, 1.165) is 36.1 Å². The van der Waals surface area contributed by atoms with Gasteiger partial charge in [-0.15, -0.1) is 5.53 Å². The maximum absolute atomic E-state index is 15.6. The largest absolute Gasteiger partial charge is 0.377 e. The Morgan fingerprint density at radius 2 is 1.83 bits per heavy atom. The van der Waals surface area contributed by atoms with E-state index in [9.17, 15) is 10.5 Å². The van der Waals surface area contributed by atoms with E-state index in [-0.39, 0.29) is 11.6 Å². The van der Waals surface area contributed by atoms with Crippen LogP contribution >= 0.6 is 0 Å². The average Bonchev–Trinajstić information content (AvgIpc) is 3.75. The van der Waals surface area contributed by atoms with Crippen LogP contribution in [0.1, 0.15) is 60.5 Å². The molecule has 1 aromatic heterocycles. The van der Waals surface area contributed by atoms with E-state index in [0.29, 0.717) is 33.9 Å². The number of hydrogen-bond acceptors (Lipinski definition) is 8. The molecule has 4 N–H and O–H groups in total. The molecule has 41 heavy (non-hydrogen) atoms. The monoisotopic (exact) mass is 544 g/mol. The molecule has 2 atom stereocenters. The first-order valence-electron chi connectivity index (χ1n) is 13.7. The van der Waals surface area contributed by atoms with Crippen LogP contribution in [0, 0.1) is 28.5 Å². The molecule has 0 amide bonds. The van der Waals surface area contributed by atoms with Crippen molar-refractivity contribution in [2.24, 2.45) is 0 Å². The number of hydrogen-bond donors (Lipinski definition) is 4. The number of nitrogens with zero attached hydrogens (tertiary/aromatic N) is 4. The number of rotatable bonds is 9. The van der Waals surface area contributed by atoms with Crippen LogP contribution in [0.25, 0.3) is 10.9 Å². The summed E-state index contributed by atoms with van der Waals surface area (Å²) in [7, 11) is 0. The smallest absolute Gasteiger partial charge is 0.151 e. The summed E-state index contributed by atoms with van der Waals surface area (Å²) < 4.78 is 15.6. The van der Waals surface area contributed by atoms with Crippen molar-refractivity contribution in [2.45, 2.75) is 44.3 Å². The zero-order valence-corrected chi connectivity index (χ0v) is 22.5.